The fourth-order valence-electron chi connectivity index (χ4n) is 2.86. The normalized spacial score (nSPS) is 22.1. The summed E-state index contributed by atoms with van der Waals surface area (Å²) in [6.45, 7) is 11.1. The fraction of sp³-hybridized carbons (Fsp3) is 0.857. The quantitative estimate of drug-likeness (QED) is 0.452. The van der Waals surface area contributed by atoms with E-state index in [9.17, 15) is 9.59 Å². The van der Waals surface area contributed by atoms with Gasteiger partial charge in [-0.15, -0.1) is 0 Å². The molecular formula is C14H24Cl2N2O2. The van der Waals surface area contributed by atoms with Crippen LogP contribution in [0.5, 0.6) is 0 Å². The molecule has 1 aliphatic heterocycles. The zero-order valence-electron chi connectivity index (χ0n) is 13.0. The van der Waals surface area contributed by atoms with E-state index >= 15 is 0 Å². The van der Waals surface area contributed by atoms with Gasteiger partial charge in [-0.25, -0.2) is 0 Å². The zero-order chi connectivity index (χ0) is 15.9. The average Bonchev–Trinajstić information content (AvgIpc) is 2.28. The first-order chi connectivity index (χ1) is 9.07. The number of nitrogens with zero attached hydrogens (tertiary/aromatic N) is 2. The molecule has 0 N–H and O–H groups in total. The van der Waals surface area contributed by atoms with Gasteiger partial charge in [-0.3, -0.25) is 19.4 Å². The molecule has 0 unspecified atom stereocenters. The van der Waals surface area contributed by atoms with Crippen molar-refractivity contribution in [3.63, 3.8) is 0 Å². The van der Waals surface area contributed by atoms with Crippen molar-refractivity contribution in [1.82, 2.24) is 9.80 Å². The number of carbonyl (C=O) groups excluding carboxylic acids is 2. The number of amides is 2. The van der Waals surface area contributed by atoms with Crippen LogP contribution in [0.2, 0.25) is 0 Å². The van der Waals surface area contributed by atoms with E-state index in [0.717, 1.165) is 0 Å². The summed E-state index contributed by atoms with van der Waals surface area (Å²) in [5, 5.41) is 0. The SMILES string of the molecule is CCC1(CC)C(=O)N(C(C)C)C(Cl)(Cl)N(C(C)C)C1=O. The van der Waals surface area contributed by atoms with E-state index in [1.807, 2.05) is 41.5 Å². The molecule has 1 fully saturated rings. The van der Waals surface area contributed by atoms with Crippen LogP contribution in [-0.4, -0.2) is 38.3 Å². The summed E-state index contributed by atoms with van der Waals surface area (Å²) in [5.74, 6) is -0.547. The highest BCUT2D eigenvalue weighted by molar-refractivity contribution is 6.50. The average molecular weight is 323 g/mol. The van der Waals surface area contributed by atoms with Gasteiger partial charge < -0.3 is 0 Å². The maximum absolute atomic E-state index is 12.9. The molecule has 0 saturated carbocycles. The molecular weight excluding hydrogens is 299 g/mol. The summed E-state index contributed by atoms with van der Waals surface area (Å²) in [7, 11) is 0. The molecule has 2 amide bonds. The molecule has 0 aromatic carbocycles. The van der Waals surface area contributed by atoms with Gasteiger partial charge in [-0.1, -0.05) is 37.0 Å². The van der Waals surface area contributed by atoms with E-state index in [0.29, 0.717) is 12.8 Å². The molecule has 0 atom stereocenters. The summed E-state index contributed by atoms with van der Waals surface area (Å²) < 4.78 is -1.63. The van der Waals surface area contributed by atoms with Gasteiger partial charge in [-0.05, 0) is 40.5 Å². The summed E-state index contributed by atoms with van der Waals surface area (Å²) in [6.07, 6.45) is 0.884. The standard InChI is InChI=1S/C14H24Cl2N2O2/c1-7-13(8-2)11(19)17(9(3)4)14(15,16)18(10(5)6)12(13)20/h9-10H,7-8H2,1-6H3. The smallest absolute Gasteiger partial charge is 0.275 e. The van der Waals surface area contributed by atoms with Crippen LogP contribution in [0.15, 0.2) is 0 Å². The van der Waals surface area contributed by atoms with Gasteiger partial charge in [0.05, 0.1) is 0 Å². The molecule has 0 radical (unpaired) electrons. The van der Waals surface area contributed by atoms with Crippen LogP contribution < -0.4 is 0 Å². The van der Waals surface area contributed by atoms with Crippen LogP contribution in [0.25, 0.3) is 0 Å². The highest BCUT2D eigenvalue weighted by Crippen LogP contribution is 2.47. The maximum atomic E-state index is 12.9. The second-order valence-electron chi connectivity index (χ2n) is 5.84. The van der Waals surface area contributed by atoms with Crippen molar-refractivity contribution in [3.05, 3.63) is 0 Å². The Balaban J connectivity index is 3.51. The Labute approximate surface area is 131 Å². The lowest BCUT2D eigenvalue weighted by atomic mass is 9.77. The number of hydrogen-bond donors (Lipinski definition) is 0. The molecule has 0 bridgehead atoms. The fourth-order valence-corrected chi connectivity index (χ4v) is 3.95. The van der Waals surface area contributed by atoms with Gasteiger partial charge in [0.15, 0.2) is 0 Å². The third kappa shape index (κ3) is 2.31. The Morgan fingerprint density at radius 1 is 0.900 bits per heavy atom. The largest absolute Gasteiger partial charge is 0.290 e. The first kappa shape index (κ1) is 17.6. The maximum Gasteiger partial charge on any atom is 0.275 e. The number of halogens is 2. The topological polar surface area (TPSA) is 40.6 Å². The minimum atomic E-state index is -1.63. The lowest BCUT2D eigenvalue weighted by Crippen LogP contribution is -2.72. The molecule has 116 valence electrons. The molecule has 0 spiro atoms. The molecule has 20 heavy (non-hydrogen) atoms. The minimum absolute atomic E-state index is 0.190. The van der Waals surface area contributed by atoms with Crippen molar-refractivity contribution in [1.29, 1.82) is 0 Å². The van der Waals surface area contributed by atoms with Gasteiger partial charge in [0.2, 0.25) is 11.8 Å². The number of rotatable bonds is 4. The van der Waals surface area contributed by atoms with Crippen LogP contribution in [0.1, 0.15) is 54.4 Å². The van der Waals surface area contributed by atoms with Gasteiger partial charge in [0.1, 0.15) is 5.41 Å². The van der Waals surface area contributed by atoms with Crippen molar-refractivity contribution in [2.24, 2.45) is 5.41 Å². The Bertz CT molecular complexity index is 372. The van der Waals surface area contributed by atoms with E-state index in [1.54, 1.807) is 0 Å². The molecule has 1 heterocycles. The summed E-state index contributed by atoms with van der Waals surface area (Å²) in [6, 6.07) is -0.381. The Morgan fingerprint density at radius 3 is 1.40 bits per heavy atom. The highest BCUT2D eigenvalue weighted by Gasteiger charge is 2.61. The van der Waals surface area contributed by atoms with Gasteiger partial charge >= 0.3 is 0 Å². The van der Waals surface area contributed by atoms with E-state index < -0.39 is 10.00 Å². The minimum Gasteiger partial charge on any atom is -0.290 e. The lowest BCUT2D eigenvalue weighted by Gasteiger charge is -2.55. The Morgan fingerprint density at radius 2 is 1.20 bits per heavy atom. The predicted octanol–water partition coefficient (Wildman–Crippen LogP) is 3.37. The molecule has 6 heteroatoms. The van der Waals surface area contributed by atoms with Gasteiger partial charge in [0.25, 0.3) is 4.58 Å². The molecule has 1 saturated heterocycles. The number of carbonyl (C=O) groups is 2. The van der Waals surface area contributed by atoms with Crippen molar-refractivity contribution >= 4 is 35.0 Å². The molecule has 0 aliphatic carbocycles. The summed E-state index contributed by atoms with van der Waals surface area (Å²) in [4.78, 5) is 28.6. The van der Waals surface area contributed by atoms with Crippen LogP contribution in [-0.2, 0) is 9.59 Å². The van der Waals surface area contributed by atoms with Crippen molar-refractivity contribution < 1.29 is 9.59 Å². The third-order valence-electron chi connectivity index (χ3n) is 4.08. The van der Waals surface area contributed by atoms with Crippen LogP contribution in [0.3, 0.4) is 0 Å². The van der Waals surface area contributed by atoms with Crippen molar-refractivity contribution in [3.8, 4) is 0 Å². The molecule has 0 aromatic heterocycles. The summed E-state index contributed by atoms with van der Waals surface area (Å²) >= 11 is 12.8. The van der Waals surface area contributed by atoms with E-state index in [2.05, 4.69) is 0 Å². The van der Waals surface area contributed by atoms with Crippen LogP contribution >= 0.6 is 23.2 Å². The Hall–Kier alpha value is -0.480. The molecule has 1 rings (SSSR count). The van der Waals surface area contributed by atoms with Crippen LogP contribution in [0, 0.1) is 5.41 Å². The number of alkyl halides is 2. The first-order valence-electron chi connectivity index (χ1n) is 7.13. The first-order valence-corrected chi connectivity index (χ1v) is 7.88. The van der Waals surface area contributed by atoms with E-state index in [1.165, 1.54) is 9.80 Å². The van der Waals surface area contributed by atoms with Crippen LogP contribution in [0.4, 0.5) is 0 Å². The van der Waals surface area contributed by atoms with E-state index in [4.69, 9.17) is 23.2 Å². The third-order valence-corrected chi connectivity index (χ3v) is 4.80. The number of hydrogen-bond acceptors (Lipinski definition) is 2. The predicted molar refractivity (Wildman–Crippen MR) is 81.4 cm³/mol. The second kappa shape index (κ2) is 5.72. The highest BCUT2D eigenvalue weighted by atomic mass is 35.5. The molecule has 4 nitrogen and oxygen atoms in total. The van der Waals surface area contributed by atoms with Crippen molar-refractivity contribution in [2.45, 2.75) is 71.0 Å². The monoisotopic (exact) mass is 322 g/mol. The lowest BCUT2D eigenvalue weighted by molar-refractivity contribution is -0.179. The van der Waals surface area contributed by atoms with Gasteiger partial charge in [0, 0.05) is 12.1 Å². The van der Waals surface area contributed by atoms with Crippen molar-refractivity contribution in [2.75, 3.05) is 0 Å². The second-order valence-corrected chi connectivity index (χ2v) is 7.08. The zero-order valence-corrected chi connectivity index (χ0v) is 14.5. The Kier molecular flexibility index (Phi) is 5.03. The molecule has 0 aromatic rings. The van der Waals surface area contributed by atoms with Gasteiger partial charge in [-0.2, -0.15) is 0 Å². The summed E-state index contributed by atoms with van der Waals surface area (Å²) in [5.41, 5.74) is -1.05. The molecule has 1 aliphatic rings. The van der Waals surface area contributed by atoms with E-state index in [-0.39, 0.29) is 23.9 Å².